The van der Waals surface area contributed by atoms with E-state index in [-0.39, 0.29) is 0 Å². The third-order valence-corrected chi connectivity index (χ3v) is 4.07. The van der Waals surface area contributed by atoms with Gasteiger partial charge >= 0.3 is 0 Å². The van der Waals surface area contributed by atoms with Crippen molar-refractivity contribution >= 4 is 33.2 Å². The van der Waals surface area contributed by atoms with E-state index in [1.54, 1.807) is 18.4 Å². The van der Waals surface area contributed by atoms with Crippen molar-refractivity contribution in [1.82, 2.24) is 4.98 Å². The number of methoxy groups -OCH3 is 1. The van der Waals surface area contributed by atoms with E-state index in [2.05, 4.69) is 11.1 Å². The van der Waals surface area contributed by atoms with Crippen LogP contribution in [0, 0.1) is 0 Å². The van der Waals surface area contributed by atoms with Crippen molar-refractivity contribution in [3.8, 4) is 16.3 Å². The van der Waals surface area contributed by atoms with E-state index < -0.39 is 0 Å². The Hall–Kier alpha value is -1.58. The Labute approximate surface area is 114 Å². The summed E-state index contributed by atoms with van der Waals surface area (Å²) in [4.78, 5) is 4.60. The van der Waals surface area contributed by atoms with Crippen LogP contribution >= 0.6 is 22.9 Å². The molecule has 0 saturated heterocycles. The minimum absolute atomic E-state index is 0.606. The highest BCUT2D eigenvalue weighted by Gasteiger charge is 2.08. The van der Waals surface area contributed by atoms with E-state index in [0.29, 0.717) is 10.8 Å². The molecule has 1 heterocycles. The lowest BCUT2D eigenvalue weighted by Gasteiger charge is -2.03. The zero-order chi connectivity index (χ0) is 12.5. The number of ether oxygens (including phenoxy) is 1. The van der Waals surface area contributed by atoms with Gasteiger partial charge in [-0.15, -0.1) is 11.3 Å². The Morgan fingerprint density at radius 1 is 1.17 bits per heavy atom. The fourth-order valence-corrected chi connectivity index (χ4v) is 3.01. The minimum atomic E-state index is 0.606. The molecule has 2 aromatic carbocycles. The quantitative estimate of drug-likeness (QED) is 0.680. The van der Waals surface area contributed by atoms with E-state index in [1.807, 2.05) is 36.4 Å². The van der Waals surface area contributed by atoms with E-state index in [4.69, 9.17) is 16.3 Å². The second-order valence-corrected chi connectivity index (χ2v) is 5.27. The van der Waals surface area contributed by atoms with E-state index in [0.717, 1.165) is 16.1 Å². The first-order chi connectivity index (χ1) is 8.78. The Bertz CT molecular complexity index is 675. The molecule has 3 aromatic rings. The van der Waals surface area contributed by atoms with Crippen LogP contribution in [0.15, 0.2) is 42.5 Å². The molecule has 1 aromatic heterocycles. The molecule has 0 radical (unpaired) electrons. The van der Waals surface area contributed by atoms with Gasteiger partial charge in [0, 0.05) is 5.56 Å². The van der Waals surface area contributed by atoms with Crippen molar-refractivity contribution in [3.63, 3.8) is 0 Å². The standard InChI is InChI=1S/C14H10ClNOS/c1-17-12-7-6-9(8-10(12)15)14-16-11-4-2-3-5-13(11)18-14/h2-8H,1H3. The molecule has 0 bridgehead atoms. The van der Waals surface area contributed by atoms with Crippen LogP contribution in [-0.2, 0) is 0 Å². The Balaban J connectivity index is 2.11. The molecule has 0 unspecified atom stereocenters. The zero-order valence-corrected chi connectivity index (χ0v) is 11.3. The Kier molecular flexibility index (Phi) is 2.94. The number of halogens is 1. The number of hydrogen-bond donors (Lipinski definition) is 0. The average Bonchev–Trinajstić information content (AvgIpc) is 2.82. The highest BCUT2D eigenvalue weighted by atomic mass is 35.5. The molecule has 0 aliphatic carbocycles. The van der Waals surface area contributed by atoms with Crippen LogP contribution in [0.1, 0.15) is 0 Å². The van der Waals surface area contributed by atoms with Crippen molar-refractivity contribution in [2.24, 2.45) is 0 Å². The average molecular weight is 276 g/mol. The molecule has 2 nitrogen and oxygen atoms in total. The van der Waals surface area contributed by atoms with Gasteiger partial charge in [-0.2, -0.15) is 0 Å². The predicted molar refractivity (Wildman–Crippen MR) is 76.6 cm³/mol. The molecule has 3 rings (SSSR count). The number of nitrogens with zero attached hydrogens (tertiary/aromatic N) is 1. The van der Waals surface area contributed by atoms with Crippen LogP contribution in [0.25, 0.3) is 20.8 Å². The van der Waals surface area contributed by atoms with Crippen molar-refractivity contribution in [2.75, 3.05) is 7.11 Å². The first kappa shape index (κ1) is 11.5. The maximum atomic E-state index is 6.13. The molecule has 90 valence electrons. The van der Waals surface area contributed by atoms with Gasteiger partial charge in [-0.05, 0) is 30.3 Å². The summed E-state index contributed by atoms with van der Waals surface area (Å²) in [5.74, 6) is 0.682. The van der Waals surface area contributed by atoms with Gasteiger partial charge in [0.05, 0.1) is 22.3 Å². The number of fused-ring (bicyclic) bond motifs is 1. The fraction of sp³-hybridized carbons (Fsp3) is 0.0714. The molecular weight excluding hydrogens is 266 g/mol. The maximum absolute atomic E-state index is 6.13. The normalized spacial score (nSPS) is 10.8. The lowest BCUT2D eigenvalue weighted by atomic mass is 10.2. The van der Waals surface area contributed by atoms with Gasteiger partial charge in [0.25, 0.3) is 0 Å². The SMILES string of the molecule is COc1ccc(-c2nc3ccccc3s2)cc1Cl. The summed E-state index contributed by atoms with van der Waals surface area (Å²) >= 11 is 7.79. The first-order valence-corrected chi connectivity index (χ1v) is 6.67. The van der Waals surface area contributed by atoms with Crippen LogP contribution in [0.5, 0.6) is 5.75 Å². The second-order valence-electron chi connectivity index (χ2n) is 3.84. The van der Waals surface area contributed by atoms with Gasteiger partial charge in [-0.3, -0.25) is 0 Å². The van der Waals surface area contributed by atoms with Crippen LogP contribution < -0.4 is 4.74 Å². The zero-order valence-electron chi connectivity index (χ0n) is 9.68. The molecule has 0 aliphatic rings. The van der Waals surface area contributed by atoms with Gasteiger partial charge in [0.15, 0.2) is 0 Å². The highest BCUT2D eigenvalue weighted by molar-refractivity contribution is 7.21. The van der Waals surface area contributed by atoms with E-state index >= 15 is 0 Å². The lowest BCUT2D eigenvalue weighted by Crippen LogP contribution is -1.84. The van der Waals surface area contributed by atoms with Crippen molar-refractivity contribution in [1.29, 1.82) is 0 Å². The fourth-order valence-electron chi connectivity index (χ4n) is 1.80. The molecular formula is C14H10ClNOS. The molecule has 0 aliphatic heterocycles. The molecule has 4 heteroatoms. The molecule has 0 N–H and O–H groups in total. The largest absolute Gasteiger partial charge is 0.495 e. The van der Waals surface area contributed by atoms with Gasteiger partial charge in [0.1, 0.15) is 10.8 Å². The van der Waals surface area contributed by atoms with Crippen molar-refractivity contribution in [3.05, 3.63) is 47.5 Å². The lowest BCUT2D eigenvalue weighted by molar-refractivity contribution is 0.415. The Morgan fingerprint density at radius 3 is 2.72 bits per heavy atom. The molecule has 0 atom stereocenters. The van der Waals surface area contributed by atoms with Gasteiger partial charge in [-0.1, -0.05) is 23.7 Å². The van der Waals surface area contributed by atoms with Crippen molar-refractivity contribution < 1.29 is 4.74 Å². The summed E-state index contributed by atoms with van der Waals surface area (Å²) in [7, 11) is 1.61. The maximum Gasteiger partial charge on any atom is 0.137 e. The first-order valence-electron chi connectivity index (χ1n) is 5.47. The number of para-hydroxylation sites is 1. The predicted octanol–water partition coefficient (Wildman–Crippen LogP) is 4.63. The molecule has 18 heavy (non-hydrogen) atoms. The summed E-state index contributed by atoms with van der Waals surface area (Å²) in [6.07, 6.45) is 0. The summed E-state index contributed by atoms with van der Waals surface area (Å²) in [6, 6.07) is 13.8. The van der Waals surface area contributed by atoms with E-state index in [9.17, 15) is 0 Å². The molecule has 0 spiro atoms. The summed E-state index contributed by atoms with van der Waals surface area (Å²) in [5.41, 5.74) is 2.03. The van der Waals surface area contributed by atoms with Crippen LogP contribution in [-0.4, -0.2) is 12.1 Å². The number of rotatable bonds is 2. The number of aromatic nitrogens is 1. The van der Waals surface area contributed by atoms with Gasteiger partial charge in [-0.25, -0.2) is 4.98 Å². The monoisotopic (exact) mass is 275 g/mol. The van der Waals surface area contributed by atoms with E-state index in [1.165, 1.54) is 4.70 Å². The van der Waals surface area contributed by atoms with Gasteiger partial charge in [0.2, 0.25) is 0 Å². The molecule has 0 amide bonds. The highest BCUT2D eigenvalue weighted by Crippen LogP contribution is 2.34. The number of thiazole rings is 1. The number of hydrogen-bond acceptors (Lipinski definition) is 3. The molecule has 0 saturated carbocycles. The second kappa shape index (κ2) is 4.59. The topological polar surface area (TPSA) is 22.1 Å². The summed E-state index contributed by atoms with van der Waals surface area (Å²) in [5, 5.41) is 1.58. The van der Waals surface area contributed by atoms with Gasteiger partial charge < -0.3 is 4.74 Å². The van der Waals surface area contributed by atoms with Crippen LogP contribution in [0.4, 0.5) is 0 Å². The van der Waals surface area contributed by atoms with Crippen molar-refractivity contribution in [2.45, 2.75) is 0 Å². The summed E-state index contributed by atoms with van der Waals surface area (Å²) in [6.45, 7) is 0. The summed E-state index contributed by atoms with van der Waals surface area (Å²) < 4.78 is 6.33. The minimum Gasteiger partial charge on any atom is -0.495 e. The number of benzene rings is 2. The Morgan fingerprint density at radius 2 is 2.00 bits per heavy atom. The van der Waals surface area contributed by atoms with Crippen LogP contribution in [0.2, 0.25) is 5.02 Å². The third-order valence-electron chi connectivity index (χ3n) is 2.69. The van der Waals surface area contributed by atoms with Crippen LogP contribution in [0.3, 0.4) is 0 Å². The smallest absolute Gasteiger partial charge is 0.137 e. The third kappa shape index (κ3) is 1.96. The molecule has 0 fully saturated rings.